The van der Waals surface area contributed by atoms with Crippen molar-refractivity contribution >= 4 is 5.69 Å². The maximum atomic E-state index is 12.4. The molecule has 22 heavy (non-hydrogen) atoms. The fourth-order valence-electron chi connectivity index (χ4n) is 2.67. The van der Waals surface area contributed by atoms with Gasteiger partial charge in [-0.2, -0.15) is 8.78 Å². The number of ether oxygens (including phenoxy) is 1. The molecule has 0 radical (unpaired) electrons. The largest absolute Gasteiger partial charge is 0.434 e. The molecule has 0 heterocycles. The Bertz CT molecular complexity index is 534. The summed E-state index contributed by atoms with van der Waals surface area (Å²) in [4.78, 5) is 10.2. The van der Waals surface area contributed by atoms with E-state index in [1.165, 1.54) is 6.07 Å². The predicted molar refractivity (Wildman–Crippen MR) is 74.9 cm³/mol. The molecule has 0 aromatic heterocycles. The first-order valence-electron chi connectivity index (χ1n) is 7.05. The summed E-state index contributed by atoms with van der Waals surface area (Å²) in [6.07, 6.45) is 3.29. The van der Waals surface area contributed by atoms with Gasteiger partial charge in [0, 0.05) is 30.8 Å². The molecule has 1 aromatic rings. The maximum absolute atomic E-state index is 12.4. The Balaban J connectivity index is 2.05. The van der Waals surface area contributed by atoms with Crippen molar-refractivity contribution in [3.8, 4) is 5.75 Å². The van der Waals surface area contributed by atoms with Gasteiger partial charge in [0.25, 0.3) is 5.69 Å². The van der Waals surface area contributed by atoms with Crippen molar-refractivity contribution in [2.24, 2.45) is 0 Å². The summed E-state index contributed by atoms with van der Waals surface area (Å²) in [6, 6.07) is 3.47. The Hall–Kier alpha value is -1.80. The first-order valence-corrected chi connectivity index (χ1v) is 7.05. The quantitative estimate of drug-likeness (QED) is 0.596. The summed E-state index contributed by atoms with van der Waals surface area (Å²) in [6.45, 7) is -2.59. The van der Waals surface area contributed by atoms with Crippen LogP contribution in [0.25, 0.3) is 0 Å². The average molecular weight is 316 g/mol. The van der Waals surface area contributed by atoms with Gasteiger partial charge in [0.1, 0.15) is 5.75 Å². The number of nitrogens with zero attached hydrogens (tertiary/aromatic N) is 1. The topological polar surface area (TPSA) is 84.6 Å². The monoisotopic (exact) mass is 316 g/mol. The maximum Gasteiger partial charge on any atom is 0.387 e. The molecule has 6 nitrogen and oxygen atoms in total. The first-order chi connectivity index (χ1) is 10.4. The molecule has 0 saturated heterocycles. The van der Waals surface area contributed by atoms with E-state index in [4.69, 9.17) is 0 Å². The van der Waals surface area contributed by atoms with Crippen LogP contribution in [0, 0.1) is 10.1 Å². The minimum Gasteiger partial charge on any atom is -0.434 e. The molecule has 0 amide bonds. The normalized spacial score (nSPS) is 16.9. The van der Waals surface area contributed by atoms with E-state index >= 15 is 0 Å². The minimum atomic E-state index is -3.00. The van der Waals surface area contributed by atoms with E-state index in [0.717, 1.165) is 25.0 Å². The number of hydrogen-bond donors (Lipinski definition) is 2. The van der Waals surface area contributed by atoms with Crippen molar-refractivity contribution in [2.75, 3.05) is 6.54 Å². The van der Waals surface area contributed by atoms with Crippen LogP contribution in [0.4, 0.5) is 14.5 Å². The molecular weight excluding hydrogens is 298 g/mol. The summed E-state index contributed by atoms with van der Waals surface area (Å²) in [5.74, 6) is -0.105. The minimum absolute atomic E-state index is 0.103. The molecule has 2 N–H and O–H groups in total. The lowest BCUT2D eigenvalue weighted by Crippen LogP contribution is -2.37. The molecule has 1 aliphatic carbocycles. The van der Waals surface area contributed by atoms with Crippen LogP contribution in [0.2, 0.25) is 0 Å². The molecule has 1 aromatic carbocycles. The van der Waals surface area contributed by atoms with Crippen LogP contribution in [0.15, 0.2) is 18.2 Å². The van der Waals surface area contributed by atoms with E-state index in [1.54, 1.807) is 0 Å². The molecule has 8 heteroatoms. The van der Waals surface area contributed by atoms with Crippen LogP contribution in [-0.2, 0) is 6.54 Å². The smallest absolute Gasteiger partial charge is 0.387 e. The third-order valence-corrected chi connectivity index (χ3v) is 3.77. The third-order valence-electron chi connectivity index (χ3n) is 3.77. The summed E-state index contributed by atoms with van der Waals surface area (Å²) in [7, 11) is 0. The molecule has 0 aliphatic heterocycles. The Labute approximate surface area is 126 Å². The summed E-state index contributed by atoms with van der Waals surface area (Å²) < 4.78 is 29.1. The number of hydrogen-bond acceptors (Lipinski definition) is 5. The van der Waals surface area contributed by atoms with Crippen LogP contribution in [0.1, 0.15) is 31.2 Å². The highest BCUT2D eigenvalue weighted by atomic mass is 19.3. The molecule has 1 aliphatic rings. The first kappa shape index (κ1) is 16.6. The van der Waals surface area contributed by atoms with Gasteiger partial charge < -0.3 is 15.2 Å². The van der Waals surface area contributed by atoms with Crippen LogP contribution in [0.5, 0.6) is 5.75 Å². The van der Waals surface area contributed by atoms with Crippen molar-refractivity contribution in [1.29, 1.82) is 0 Å². The van der Waals surface area contributed by atoms with Crippen molar-refractivity contribution in [3.05, 3.63) is 33.9 Å². The van der Waals surface area contributed by atoms with E-state index in [2.05, 4.69) is 10.1 Å². The van der Waals surface area contributed by atoms with Crippen molar-refractivity contribution in [3.63, 3.8) is 0 Å². The number of benzene rings is 1. The van der Waals surface area contributed by atoms with Gasteiger partial charge in [-0.3, -0.25) is 10.1 Å². The van der Waals surface area contributed by atoms with E-state index in [-0.39, 0.29) is 23.5 Å². The van der Waals surface area contributed by atoms with Crippen molar-refractivity contribution < 1.29 is 23.5 Å². The Morgan fingerprint density at radius 2 is 2.09 bits per heavy atom. The molecular formula is C14H18F2N2O4. The van der Waals surface area contributed by atoms with E-state index in [9.17, 15) is 24.0 Å². The molecule has 0 atom stereocenters. The highest BCUT2D eigenvalue weighted by Gasteiger charge is 2.30. The second-order valence-corrected chi connectivity index (χ2v) is 5.46. The number of aliphatic hydroxyl groups is 1. The number of non-ortho nitro benzene ring substituents is 1. The Morgan fingerprint density at radius 3 is 2.68 bits per heavy atom. The zero-order chi connectivity index (χ0) is 16.2. The molecule has 0 bridgehead atoms. The van der Waals surface area contributed by atoms with E-state index in [1.807, 2.05) is 0 Å². The van der Waals surface area contributed by atoms with Crippen LogP contribution in [-0.4, -0.2) is 28.8 Å². The number of nitro benzene ring substituents is 1. The fourth-order valence-corrected chi connectivity index (χ4v) is 2.67. The number of nitro groups is 1. The van der Waals surface area contributed by atoms with E-state index in [0.29, 0.717) is 19.4 Å². The number of rotatable bonds is 7. The van der Waals surface area contributed by atoms with Gasteiger partial charge in [-0.1, -0.05) is 12.8 Å². The molecule has 0 unspecified atom stereocenters. The molecule has 122 valence electrons. The average Bonchev–Trinajstić information content (AvgIpc) is 2.86. The van der Waals surface area contributed by atoms with Gasteiger partial charge >= 0.3 is 6.61 Å². The predicted octanol–water partition coefficient (Wildman–Crippen LogP) is 2.59. The van der Waals surface area contributed by atoms with Crippen molar-refractivity contribution in [2.45, 2.75) is 44.4 Å². The highest BCUT2D eigenvalue weighted by Crippen LogP contribution is 2.29. The zero-order valence-electron chi connectivity index (χ0n) is 11.9. The summed E-state index contributed by atoms with van der Waals surface area (Å²) in [5, 5.41) is 23.9. The Kier molecular flexibility index (Phi) is 5.25. The van der Waals surface area contributed by atoms with Gasteiger partial charge in [-0.15, -0.1) is 0 Å². The van der Waals surface area contributed by atoms with Crippen LogP contribution in [0.3, 0.4) is 0 Å². The van der Waals surface area contributed by atoms with Gasteiger partial charge in [0.15, 0.2) is 0 Å². The molecule has 2 rings (SSSR count). The van der Waals surface area contributed by atoms with Crippen molar-refractivity contribution in [1.82, 2.24) is 5.32 Å². The second kappa shape index (κ2) is 6.97. The number of nitrogens with one attached hydrogen (secondary N) is 1. The lowest BCUT2D eigenvalue weighted by molar-refractivity contribution is -0.385. The van der Waals surface area contributed by atoms with Crippen LogP contribution >= 0.6 is 0 Å². The standard InChI is InChI=1S/C14H18F2N2O4/c15-13(16)22-12-4-3-11(18(20)21)7-10(12)8-17-9-14(19)5-1-2-6-14/h3-4,7,13,17,19H,1-2,5-6,8-9H2. The SMILES string of the molecule is O=[N+]([O-])c1ccc(OC(F)F)c(CNCC2(O)CCCC2)c1. The van der Waals surface area contributed by atoms with E-state index < -0.39 is 17.1 Å². The Morgan fingerprint density at radius 1 is 1.41 bits per heavy atom. The summed E-state index contributed by atoms with van der Waals surface area (Å²) in [5.41, 5.74) is -0.723. The fraction of sp³-hybridized carbons (Fsp3) is 0.571. The second-order valence-electron chi connectivity index (χ2n) is 5.46. The molecule has 1 fully saturated rings. The van der Waals surface area contributed by atoms with Gasteiger partial charge in [-0.25, -0.2) is 0 Å². The molecule has 1 saturated carbocycles. The lowest BCUT2D eigenvalue weighted by Gasteiger charge is -2.22. The van der Waals surface area contributed by atoms with Gasteiger partial charge in [0.05, 0.1) is 10.5 Å². The number of halogens is 2. The van der Waals surface area contributed by atoms with Crippen LogP contribution < -0.4 is 10.1 Å². The number of alkyl halides is 2. The third kappa shape index (κ3) is 4.35. The molecule has 0 spiro atoms. The highest BCUT2D eigenvalue weighted by molar-refractivity contribution is 5.43. The zero-order valence-corrected chi connectivity index (χ0v) is 11.9. The summed E-state index contributed by atoms with van der Waals surface area (Å²) >= 11 is 0. The van der Waals surface area contributed by atoms with Gasteiger partial charge in [0.2, 0.25) is 0 Å². The van der Waals surface area contributed by atoms with Gasteiger partial charge in [-0.05, 0) is 18.9 Å². The lowest BCUT2D eigenvalue weighted by atomic mass is 10.0.